The van der Waals surface area contributed by atoms with Gasteiger partial charge in [0.1, 0.15) is 5.75 Å². The fraction of sp³-hybridized carbons (Fsp3) is 0.273. The van der Waals surface area contributed by atoms with E-state index in [0.717, 1.165) is 11.3 Å². The highest BCUT2D eigenvalue weighted by atomic mass is 16.3. The molecule has 0 radical (unpaired) electrons. The minimum atomic E-state index is -0.211. The van der Waals surface area contributed by atoms with Crippen LogP contribution in [0.1, 0.15) is 28.9 Å². The molecule has 1 aromatic heterocycles. The zero-order chi connectivity index (χ0) is 21.1. The zero-order valence-corrected chi connectivity index (χ0v) is 16.7. The smallest absolute Gasteiger partial charge is 0.276 e. The highest BCUT2D eigenvalue weighted by Crippen LogP contribution is 2.25. The lowest BCUT2D eigenvalue weighted by molar-refractivity contribution is -0.121. The molecule has 0 aliphatic carbocycles. The van der Waals surface area contributed by atoms with Crippen LogP contribution in [0.4, 0.5) is 5.69 Å². The molecule has 0 bridgehead atoms. The van der Waals surface area contributed by atoms with Gasteiger partial charge in [-0.05, 0) is 49.6 Å². The second-order valence-electron chi connectivity index (χ2n) is 7.43. The number of carbonyl (C=O) groups excluding carboxylic acids is 2. The Morgan fingerprint density at radius 2 is 1.87 bits per heavy atom. The maximum absolute atomic E-state index is 12.8. The Bertz CT molecular complexity index is 1070. The summed E-state index contributed by atoms with van der Waals surface area (Å²) < 4.78 is 0. The Kier molecular flexibility index (Phi) is 5.47. The number of aromatic nitrogens is 3. The van der Waals surface area contributed by atoms with Crippen molar-refractivity contribution in [3.8, 4) is 11.4 Å². The van der Waals surface area contributed by atoms with Crippen LogP contribution in [0.5, 0.6) is 5.75 Å². The summed E-state index contributed by atoms with van der Waals surface area (Å²) in [7, 11) is 0. The van der Waals surface area contributed by atoms with E-state index < -0.39 is 0 Å². The average Bonchev–Trinajstić information content (AvgIpc) is 3.25. The van der Waals surface area contributed by atoms with Crippen LogP contribution in [-0.4, -0.2) is 49.9 Å². The number of likely N-dealkylation sites (tertiary alicyclic amines) is 1. The Balaban J connectivity index is 1.35. The molecule has 1 aliphatic heterocycles. The highest BCUT2D eigenvalue weighted by Gasteiger charge is 2.29. The number of phenols is 1. The minimum Gasteiger partial charge on any atom is -0.506 e. The minimum absolute atomic E-state index is 0.0372. The Morgan fingerprint density at radius 3 is 2.60 bits per heavy atom. The fourth-order valence-electron chi connectivity index (χ4n) is 3.56. The van der Waals surface area contributed by atoms with Gasteiger partial charge in [-0.15, -0.1) is 5.10 Å². The maximum atomic E-state index is 12.8. The molecule has 154 valence electrons. The number of rotatable bonds is 4. The molecule has 0 saturated carbocycles. The van der Waals surface area contributed by atoms with Crippen LogP contribution in [-0.2, 0) is 4.79 Å². The Labute approximate surface area is 174 Å². The largest absolute Gasteiger partial charge is 0.506 e. The second-order valence-corrected chi connectivity index (χ2v) is 7.43. The molecule has 1 aliphatic rings. The van der Waals surface area contributed by atoms with Crippen molar-refractivity contribution in [2.45, 2.75) is 19.8 Å². The molecule has 4 rings (SSSR count). The molecule has 0 spiro atoms. The maximum Gasteiger partial charge on any atom is 0.276 e. The van der Waals surface area contributed by atoms with Gasteiger partial charge in [0.05, 0.1) is 17.6 Å². The van der Waals surface area contributed by atoms with E-state index in [9.17, 15) is 14.7 Å². The fourth-order valence-corrected chi connectivity index (χ4v) is 3.56. The summed E-state index contributed by atoms with van der Waals surface area (Å²) in [5.74, 6) is -0.505. The summed E-state index contributed by atoms with van der Waals surface area (Å²) in [6.07, 6.45) is 2.58. The number of nitrogens with zero attached hydrogens (tertiary/aromatic N) is 4. The molecular formula is C22H23N5O3. The van der Waals surface area contributed by atoms with Gasteiger partial charge in [0.15, 0.2) is 5.69 Å². The Morgan fingerprint density at radius 1 is 1.10 bits per heavy atom. The van der Waals surface area contributed by atoms with E-state index in [1.165, 1.54) is 17.1 Å². The van der Waals surface area contributed by atoms with Gasteiger partial charge in [0.2, 0.25) is 5.91 Å². The molecule has 2 heterocycles. The standard InChI is InChI=1S/C22H23N5O3/c1-15-5-4-6-17(13-15)27-23-14-19(25-27)22(30)26-11-9-16(10-12-26)21(29)24-18-7-2-3-8-20(18)28/h2-8,13-14,16,28H,9-12H2,1H3,(H,24,29). The van der Waals surface area contributed by atoms with E-state index in [1.807, 2.05) is 31.2 Å². The summed E-state index contributed by atoms with van der Waals surface area (Å²) in [6, 6.07) is 14.4. The van der Waals surface area contributed by atoms with Crippen molar-refractivity contribution in [1.29, 1.82) is 0 Å². The van der Waals surface area contributed by atoms with Crippen molar-refractivity contribution in [2.75, 3.05) is 18.4 Å². The number of carbonyl (C=O) groups is 2. The monoisotopic (exact) mass is 405 g/mol. The molecule has 0 unspecified atom stereocenters. The topological polar surface area (TPSA) is 100 Å². The second kappa shape index (κ2) is 8.36. The summed E-state index contributed by atoms with van der Waals surface area (Å²) in [5.41, 5.74) is 2.57. The molecule has 30 heavy (non-hydrogen) atoms. The van der Waals surface area contributed by atoms with E-state index in [1.54, 1.807) is 23.1 Å². The van der Waals surface area contributed by atoms with Crippen LogP contribution in [0, 0.1) is 12.8 Å². The number of nitrogens with one attached hydrogen (secondary N) is 1. The van der Waals surface area contributed by atoms with Crippen LogP contribution < -0.4 is 5.32 Å². The number of hydrogen-bond acceptors (Lipinski definition) is 5. The number of piperidine rings is 1. The lowest BCUT2D eigenvalue weighted by Gasteiger charge is -2.30. The third kappa shape index (κ3) is 4.17. The number of phenolic OH excluding ortho intramolecular Hbond substituents is 1. The van der Waals surface area contributed by atoms with Crippen molar-refractivity contribution >= 4 is 17.5 Å². The number of para-hydroxylation sites is 2. The lowest BCUT2D eigenvalue weighted by atomic mass is 9.95. The quantitative estimate of drug-likeness (QED) is 0.650. The summed E-state index contributed by atoms with van der Waals surface area (Å²) in [6.45, 7) is 2.92. The molecule has 8 heteroatoms. The summed E-state index contributed by atoms with van der Waals surface area (Å²) in [4.78, 5) is 28.5. The number of anilines is 1. The van der Waals surface area contributed by atoms with Crippen LogP contribution in [0.2, 0.25) is 0 Å². The van der Waals surface area contributed by atoms with Crippen molar-refractivity contribution in [3.63, 3.8) is 0 Å². The molecule has 2 aromatic carbocycles. The third-order valence-corrected chi connectivity index (χ3v) is 5.26. The van der Waals surface area contributed by atoms with E-state index >= 15 is 0 Å². The van der Waals surface area contributed by atoms with Crippen molar-refractivity contribution in [2.24, 2.45) is 5.92 Å². The molecule has 2 amide bonds. The first-order valence-corrected chi connectivity index (χ1v) is 9.89. The molecule has 2 N–H and O–H groups in total. The van der Waals surface area contributed by atoms with E-state index in [4.69, 9.17) is 0 Å². The number of benzene rings is 2. The predicted molar refractivity (Wildman–Crippen MR) is 111 cm³/mol. The normalized spacial score (nSPS) is 14.5. The number of aryl methyl sites for hydroxylation is 1. The number of hydrogen-bond donors (Lipinski definition) is 2. The first-order valence-electron chi connectivity index (χ1n) is 9.89. The summed E-state index contributed by atoms with van der Waals surface area (Å²) in [5, 5.41) is 21.1. The van der Waals surface area contributed by atoms with E-state index in [0.29, 0.717) is 31.6 Å². The molecule has 1 saturated heterocycles. The van der Waals surface area contributed by atoms with Gasteiger partial charge >= 0.3 is 0 Å². The molecule has 1 fully saturated rings. The molecule has 3 aromatic rings. The predicted octanol–water partition coefficient (Wildman–Crippen LogP) is 2.77. The van der Waals surface area contributed by atoms with Crippen LogP contribution >= 0.6 is 0 Å². The van der Waals surface area contributed by atoms with Crippen molar-refractivity contribution in [3.05, 3.63) is 66.0 Å². The van der Waals surface area contributed by atoms with E-state index in [-0.39, 0.29) is 29.2 Å². The zero-order valence-electron chi connectivity index (χ0n) is 16.7. The van der Waals surface area contributed by atoms with Gasteiger partial charge in [-0.2, -0.15) is 9.90 Å². The average molecular weight is 405 g/mol. The van der Waals surface area contributed by atoms with Crippen molar-refractivity contribution in [1.82, 2.24) is 19.9 Å². The van der Waals surface area contributed by atoms with E-state index in [2.05, 4.69) is 15.5 Å². The van der Waals surface area contributed by atoms with Gasteiger partial charge in [0, 0.05) is 19.0 Å². The molecular weight excluding hydrogens is 382 g/mol. The first kappa shape index (κ1) is 19.6. The van der Waals surface area contributed by atoms with Gasteiger partial charge in [0.25, 0.3) is 5.91 Å². The van der Waals surface area contributed by atoms with Crippen LogP contribution in [0.15, 0.2) is 54.7 Å². The molecule has 8 nitrogen and oxygen atoms in total. The SMILES string of the molecule is Cc1cccc(-n2ncc(C(=O)N3CCC(C(=O)Nc4ccccc4O)CC3)n2)c1. The highest BCUT2D eigenvalue weighted by molar-refractivity contribution is 5.95. The van der Waals surface area contributed by atoms with Crippen molar-refractivity contribution < 1.29 is 14.7 Å². The van der Waals surface area contributed by atoms with Crippen LogP contribution in [0.25, 0.3) is 5.69 Å². The summed E-state index contributed by atoms with van der Waals surface area (Å²) >= 11 is 0. The number of amides is 2. The first-order chi connectivity index (χ1) is 14.5. The number of aromatic hydroxyl groups is 1. The van der Waals surface area contributed by atoms with Gasteiger partial charge in [-0.3, -0.25) is 9.59 Å². The third-order valence-electron chi connectivity index (χ3n) is 5.26. The van der Waals surface area contributed by atoms with Crippen LogP contribution in [0.3, 0.4) is 0 Å². The Hall–Kier alpha value is -3.68. The van der Waals surface area contributed by atoms with Gasteiger partial charge in [-0.1, -0.05) is 24.3 Å². The van der Waals surface area contributed by atoms with Gasteiger partial charge in [-0.25, -0.2) is 0 Å². The van der Waals surface area contributed by atoms with Gasteiger partial charge < -0.3 is 15.3 Å². The lowest BCUT2D eigenvalue weighted by Crippen LogP contribution is -2.41. The molecule has 0 atom stereocenters.